The molecule has 1 aliphatic heterocycles. The lowest BCUT2D eigenvalue weighted by Crippen LogP contribution is -2.56. The summed E-state index contributed by atoms with van der Waals surface area (Å²) in [6.07, 6.45) is -3.03. The maximum Gasteiger partial charge on any atom is 0.303 e. The van der Waals surface area contributed by atoms with Gasteiger partial charge in [-0.25, -0.2) is 0 Å². The summed E-state index contributed by atoms with van der Waals surface area (Å²) >= 11 is 0.807. The SMILES string of the molecule is CC(=O)OC1COC(SC(=N)N)C(OC(C)=O)C1OC(C)=O. The standard InChI is InChI=1S/C12H18N2O7S/c1-5(15)19-8-4-18-11(22-12(13)14)10(21-7(3)17)9(8)20-6(2)16/h8-11H,4H2,1-3H3,(H3,13,14). The average molecular weight is 334 g/mol. The summed E-state index contributed by atoms with van der Waals surface area (Å²) in [6.45, 7) is 3.47. The van der Waals surface area contributed by atoms with E-state index in [0.29, 0.717) is 0 Å². The lowest BCUT2D eigenvalue weighted by Gasteiger charge is -2.39. The van der Waals surface area contributed by atoms with E-state index in [0.717, 1.165) is 11.8 Å². The van der Waals surface area contributed by atoms with E-state index in [1.54, 1.807) is 0 Å². The summed E-state index contributed by atoms with van der Waals surface area (Å²) in [5, 5.41) is 7.05. The highest BCUT2D eigenvalue weighted by Gasteiger charge is 2.47. The van der Waals surface area contributed by atoms with Crippen LogP contribution in [0, 0.1) is 5.41 Å². The fraction of sp³-hybridized carbons (Fsp3) is 0.667. The van der Waals surface area contributed by atoms with Crippen molar-refractivity contribution in [1.82, 2.24) is 0 Å². The number of hydrogen-bond acceptors (Lipinski definition) is 9. The van der Waals surface area contributed by atoms with Gasteiger partial charge in [0.1, 0.15) is 0 Å². The van der Waals surface area contributed by atoms with Crippen LogP contribution >= 0.6 is 11.8 Å². The number of carbonyl (C=O) groups is 3. The number of ether oxygens (including phenoxy) is 4. The number of hydrogen-bond donors (Lipinski definition) is 2. The summed E-state index contributed by atoms with van der Waals surface area (Å²) in [5.74, 6) is -1.86. The first-order valence-corrected chi connectivity index (χ1v) is 7.22. The van der Waals surface area contributed by atoms with Gasteiger partial charge in [0.25, 0.3) is 0 Å². The van der Waals surface area contributed by atoms with Crippen LogP contribution in [0.25, 0.3) is 0 Å². The maximum atomic E-state index is 11.3. The van der Waals surface area contributed by atoms with Crippen molar-refractivity contribution in [3.8, 4) is 0 Å². The third kappa shape index (κ3) is 5.53. The lowest BCUT2D eigenvalue weighted by atomic mass is 10.1. The molecule has 0 bridgehead atoms. The van der Waals surface area contributed by atoms with Crippen molar-refractivity contribution in [3.05, 3.63) is 0 Å². The molecule has 0 radical (unpaired) electrons. The van der Waals surface area contributed by atoms with Crippen LogP contribution in [0.1, 0.15) is 20.8 Å². The monoisotopic (exact) mass is 334 g/mol. The van der Waals surface area contributed by atoms with E-state index in [1.165, 1.54) is 20.8 Å². The summed E-state index contributed by atoms with van der Waals surface area (Å²) in [5.41, 5.74) is 4.46. The molecular formula is C12H18N2O7S. The van der Waals surface area contributed by atoms with Gasteiger partial charge in [-0.2, -0.15) is 0 Å². The Morgan fingerprint density at radius 2 is 1.55 bits per heavy atom. The Morgan fingerprint density at radius 3 is 2.00 bits per heavy atom. The first-order valence-electron chi connectivity index (χ1n) is 6.34. The number of rotatable bonds is 4. The van der Waals surface area contributed by atoms with Crippen LogP contribution in [0.3, 0.4) is 0 Å². The highest BCUT2D eigenvalue weighted by Crippen LogP contribution is 2.30. The minimum atomic E-state index is -1.06. The Morgan fingerprint density at radius 1 is 1.05 bits per heavy atom. The van der Waals surface area contributed by atoms with E-state index in [1.807, 2.05) is 0 Å². The van der Waals surface area contributed by atoms with Gasteiger partial charge < -0.3 is 24.7 Å². The quantitative estimate of drug-likeness (QED) is 0.309. The van der Waals surface area contributed by atoms with E-state index in [9.17, 15) is 14.4 Å². The Bertz CT molecular complexity index is 428. The first-order chi connectivity index (χ1) is 10.2. The van der Waals surface area contributed by atoms with Gasteiger partial charge in [-0.3, -0.25) is 19.8 Å². The largest absolute Gasteiger partial charge is 0.456 e. The zero-order valence-electron chi connectivity index (χ0n) is 12.4. The van der Waals surface area contributed by atoms with Gasteiger partial charge in [0.05, 0.1) is 6.61 Å². The van der Waals surface area contributed by atoms with Crippen molar-refractivity contribution in [2.24, 2.45) is 5.73 Å². The molecule has 0 amide bonds. The Balaban J connectivity index is 3.03. The summed E-state index contributed by atoms with van der Waals surface area (Å²) in [4.78, 5) is 33.7. The van der Waals surface area contributed by atoms with Gasteiger partial charge in [0, 0.05) is 20.8 Å². The molecule has 1 heterocycles. The van der Waals surface area contributed by atoms with E-state index in [4.69, 9.17) is 30.1 Å². The molecule has 1 rings (SSSR count). The zero-order valence-corrected chi connectivity index (χ0v) is 13.2. The summed E-state index contributed by atoms with van der Waals surface area (Å²) in [6, 6.07) is 0. The number of carbonyl (C=O) groups excluding carboxylic acids is 3. The van der Waals surface area contributed by atoms with Crippen molar-refractivity contribution < 1.29 is 33.3 Å². The number of thioether (sulfide) groups is 1. The summed E-state index contributed by atoms with van der Waals surface area (Å²) in [7, 11) is 0. The van der Waals surface area contributed by atoms with Crippen LogP contribution in [-0.4, -0.2) is 53.4 Å². The molecule has 3 N–H and O–H groups in total. The highest BCUT2D eigenvalue weighted by atomic mass is 32.2. The van der Waals surface area contributed by atoms with Crippen molar-refractivity contribution in [1.29, 1.82) is 5.41 Å². The maximum absolute atomic E-state index is 11.3. The molecule has 0 aromatic heterocycles. The molecule has 1 aliphatic rings. The first kappa shape index (κ1) is 18.2. The molecule has 0 aliphatic carbocycles. The second kappa shape index (κ2) is 7.99. The third-order valence-electron chi connectivity index (χ3n) is 2.55. The number of amidine groups is 1. The molecular weight excluding hydrogens is 316 g/mol. The molecule has 0 aromatic carbocycles. The van der Waals surface area contributed by atoms with Crippen LogP contribution in [-0.2, 0) is 33.3 Å². The van der Waals surface area contributed by atoms with Crippen LogP contribution in [0.5, 0.6) is 0 Å². The molecule has 10 heteroatoms. The Kier molecular flexibility index (Phi) is 6.62. The van der Waals surface area contributed by atoms with E-state index < -0.39 is 41.7 Å². The van der Waals surface area contributed by atoms with Crippen molar-refractivity contribution >= 4 is 34.8 Å². The van der Waals surface area contributed by atoms with Gasteiger partial charge >= 0.3 is 17.9 Å². The van der Waals surface area contributed by atoms with Gasteiger partial charge in [-0.05, 0) is 0 Å². The minimum Gasteiger partial charge on any atom is -0.456 e. The van der Waals surface area contributed by atoms with Crippen molar-refractivity contribution in [3.63, 3.8) is 0 Å². The zero-order chi connectivity index (χ0) is 16.9. The fourth-order valence-electron chi connectivity index (χ4n) is 1.94. The summed E-state index contributed by atoms with van der Waals surface area (Å²) < 4.78 is 20.7. The normalized spacial score (nSPS) is 27.6. The molecule has 1 fully saturated rings. The third-order valence-corrected chi connectivity index (χ3v) is 3.44. The van der Waals surface area contributed by atoms with E-state index >= 15 is 0 Å². The second-order valence-corrected chi connectivity index (χ2v) is 5.62. The molecule has 4 unspecified atom stereocenters. The lowest BCUT2D eigenvalue weighted by molar-refractivity contribution is -0.213. The molecule has 22 heavy (non-hydrogen) atoms. The number of esters is 3. The predicted molar refractivity (Wildman–Crippen MR) is 75.9 cm³/mol. The van der Waals surface area contributed by atoms with Gasteiger partial charge in [-0.1, -0.05) is 11.8 Å². The fourth-order valence-corrected chi connectivity index (χ4v) is 2.68. The molecule has 0 spiro atoms. The Labute approximate surface area is 131 Å². The van der Waals surface area contributed by atoms with Crippen LogP contribution in [0.15, 0.2) is 0 Å². The van der Waals surface area contributed by atoms with Crippen LogP contribution < -0.4 is 5.73 Å². The van der Waals surface area contributed by atoms with Crippen molar-refractivity contribution in [2.75, 3.05) is 6.61 Å². The topological polar surface area (TPSA) is 138 Å². The molecule has 0 aromatic rings. The average Bonchev–Trinajstić information content (AvgIpc) is 2.34. The molecule has 1 saturated heterocycles. The smallest absolute Gasteiger partial charge is 0.303 e. The minimum absolute atomic E-state index is 0.0831. The van der Waals surface area contributed by atoms with Gasteiger partial charge in [0.2, 0.25) is 0 Å². The number of nitrogens with two attached hydrogens (primary N) is 1. The van der Waals surface area contributed by atoms with Crippen LogP contribution in [0.2, 0.25) is 0 Å². The van der Waals surface area contributed by atoms with E-state index in [-0.39, 0.29) is 11.8 Å². The molecule has 124 valence electrons. The highest BCUT2D eigenvalue weighted by molar-refractivity contribution is 8.14. The number of nitrogens with one attached hydrogen (secondary N) is 1. The molecule has 9 nitrogen and oxygen atoms in total. The second-order valence-electron chi connectivity index (χ2n) is 4.48. The van der Waals surface area contributed by atoms with Gasteiger partial charge in [0.15, 0.2) is 28.9 Å². The Hall–Kier alpha value is -1.81. The molecule has 4 atom stereocenters. The van der Waals surface area contributed by atoms with Crippen LogP contribution in [0.4, 0.5) is 0 Å². The van der Waals surface area contributed by atoms with Gasteiger partial charge in [-0.15, -0.1) is 0 Å². The van der Waals surface area contributed by atoms with Crippen molar-refractivity contribution in [2.45, 2.75) is 44.5 Å². The predicted octanol–water partition coefficient (Wildman–Crippen LogP) is -0.236. The molecule has 0 saturated carbocycles. The van der Waals surface area contributed by atoms with E-state index in [2.05, 4.69) is 0 Å².